The zero-order valence-corrected chi connectivity index (χ0v) is 12.4. The monoisotopic (exact) mass is 301 g/mol. The van der Waals surface area contributed by atoms with Gasteiger partial charge in [-0.15, -0.1) is 0 Å². The van der Waals surface area contributed by atoms with Gasteiger partial charge >= 0.3 is 0 Å². The van der Waals surface area contributed by atoms with Gasteiger partial charge < -0.3 is 4.74 Å². The number of nitriles is 1. The predicted octanol–water partition coefficient (Wildman–Crippen LogP) is 4.10. The summed E-state index contributed by atoms with van der Waals surface area (Å²) >= 11 is 5.94. The summed E-state index contributed by atoms with van der Waals surface area (Å²) < 4.78 is 7.72. The zero-order valence-electron chi connectivity index (χ0n) is 11.6. The first-order valence-corrected chi connectivity index (χ1v) is 7.50. The van der Waals surface area contributed by atoms with Crippen LogP contribution in [-0.2, 0) is 6.61 Å². The molecule has 108 valence electrons. The van der Waals surface area contributed by atoms with E-state index in [-0.39, 0.29) is 0 Å². The molecule has 1 heterocycles. The molecule has 5 heteroatoms. The smallest absolute Gasteiger partial charge is 0.139 e. The second kappa shape index (κ2) is 6.19. The van der Waals surface area contributed by atoms with Crippen molar-refractivity contribution >= 4 is 11.6 Å². The van der Waals surface area contributed by atoms with Crippen molar-refractivity contribution in [2.45, 2.75) is 38.3 Å². The van der Waals surface area contributed by atoms with Gasteiger partial charge in [0.15, 0.2) is 0 Å². The van der Waals surface area contributed by atoms with E-state index in [2.05, 4.69) is 11.2 Å². The quantitative estimate of drug-likeness (QED) is 0.854. The Morgan fingerprint density at radius 3 is 2.90 bits per heavy atom. The summed E-state index contributed by atoms with van der Waals surface area (Å²) in [5, 5.41) is 14.2. The molecule has 1 fully saturated rings. The molecule has 0 aliphatic heterocycles. The molecule has 1 saturated carbocycles. The normalized spacial score (nSPS) is 15.0. The lowest BCUT2D eigenvalue weighted by atomic mass is 10.2. The molecule has 1 aromatic carbocycles. The summed E-state index contributed by atoms with van der Waals surface area (Å²) in [4.78, 5) is 0. The van der Waals surface area contributed by atoms with Gasteiger partial charge in [0.1, 0.15) is 18.4 Å². The molecular formula is C16H16ClN3O. The van der Waals surface area contributed by atoms with Crippen LogP contribution in [0.5, 0.6) is 5.75 Å². The number of halogens is 1. The fourth-order valence-corrected chi connectivity index (χ4v) is 2.85. The fourth-order valence-electron chi connectivity index (χ4n) is 2.69. The molecule has 0 bridgehead atoms. The van der Waals surface area contributed by atoms with E-state index in [1.165, 1.54) is 25.7 Å². The predicted molar refractivity (Wildman–Crippen MR) is 80.2 cm³/mol. The van der Waals surface area contributed by atoms with Crippen LogP contribution in [0, 0.1) is 11.3 Å². The number of hydrogen-bond acceptors (Lipinski definition) is 3. The van der Waals surface area contributed by atoms with Crippen LogP contribution in [-0.4, -0.2) is 9.78 Å². The zero-order chi connectivity index (χ0) is 14.7. The second-order valence-electron chi connectivity index (χ2n) is 5.27. The van der Waals surface area contributed by atoms with Crippen molar-refractivity contribution < 1.29 is 4.74 Å². The Labute approximate surface area is 128 Å². The van der Waals surface area contributed by atoms with Gasteiger partial charge in [-0.25, -0.2) is 0 Å². The maximum atomic E-state index is 9.06. The molecule has 1 aliphatic carbocycles. The van der Waals surface area contributed by atoms with Gasteiger partial charge in [0.25, 0.3) is 0 Å². The second-order valence-corrected chi connectivity index (χ2v) is 5.70. The van der Waals surface area contributed by atoms with E-state index in [4.69, 9.17) is 21.6 Å². The first-order chi connectivity index (χ1) is 10.3. The van der Waals surface area contributed by atoms with Gasteiger partial charge in [-0.05, 0) is 31.0 Å². The molecular weight excluding hydrogens is 286 g/mol. The largest absolute Gasteiger partial charge is 0.486 e. The molecule has 0 amide bonds. The number of hydrogen-bond donors (Lipinski definition) is 0. The lowest BCUT2D eigenvalue weighted by Gasteiger charge is -2.09. The van der Waals surface area contributed by atoms with Crippen LogP contribution in [0.15, 0.2) is 30.5 Å². The number of ether oxygens (including phenoxy) is 1. The lowest BCUT2D eigenvalue weighted by molar-refractivity contribution is 0.297. The molecule has 0 saturated heterocycles. The maximum Gasteiger partial charge on any atom is 0.139 e. The van der Waals surface area contributed by atoms with Gasteiger partial charge in [0, 0.05) is 17.3 Å². The van der Waals surface area contributed by atoms with Crippen LogP contribution in [0.4, 0.5) is 0 Å². The molecule has 0 N–H and O–H groups in total. The molecule has 1 aliphatic rings. The van der Waals surface area contributed by atoms with Crippen molar-refractivity contribution in [1.82, 2.24) is 9.78 Å². The Morgan fingerprint density at radius 2 is 2.14 bits per heavy atom. The van der Waals surface area contributed by atoms with E-state index in [9.17, 15) is 0 Å². The minimum atomic E-state index is 0.342. The van der Waals surface area contributed by atoms with Crippen LogP contribution in [0.3, 0.4) is 0 Å². The Morgan fingerprint density at radius 1 is 1.33 bits per heavy atom. The third kappa shape index (κ3) is 3.20. The number of rotatable bonds is 4. The van der Waals surface area contributed by atoms with E-state index in [0.29, 0.717) is 29.0 Å². The molecule has 4 nitrogen and oxygen atoms in total. The summed E-state index contributed by atoms with van der Waals surface area (Å²) in [7, 11) is 0. The van der Waals surface area contributed by atoms with E-state index in [1.807, 2.05) is 16.9 Å². The summed E-state index contributed by atoms with van der Waals surface area (Å²) in [6.07, 6.45) is 6.98. The highest BCUT2D eigenvalue weighted by Gasteiger charge is 2.17. The highest BCUT2D eigenvalue weighted by Crippen LogP contribution is 2.29. The fraction of sp³-hybridized carbons (Fsp3) is 0.375. The first kappa shape index (κ1) is 14.0. The van der Waals surface area contributed by atoms with Crippen LogP contribution >= 0.6 is 11.6 Å². The molecule has 1 aromatic heterocycles. The van der Waals surface area contributed by atoms with Gasteiger partial charge in [-0.2, -0.15) is 10.4 Å². The molecule has 0 atom stereocenters. The minimum absolute atomic E-state index is 0.342. The molecule has 21 heavy (non-hydrogen) atoms. The van der Waals surface area contributed by atoms with Gasteiger partial charge in [-0.1, -0.05) is 24.4 Å². The number of benzene rings is 1. The summed E-state index contributed by atoms with van der Waals surface area (Å²) in [5.41, 5.74) is 1.35. The third-order valence-electron chi connectivity index (χ3n) is 3.80. The molecule has 0 radical (unpaired) electrons. The molecule has 2 aromatic rings. The molecule has 0 unspecified atom stereocenters. The topological polar surface area (TPSA) is 50.8 Å². The van der Waals surface area contributed by atoms with Crippen molar-refractivity contribution in [2.24, 2.45) is 0 Å². The third-order valence-corrected chi connectivity index (χ3v) is 4.04. The van der Waals surface area contributed by atoms with Crippen molar-refractivity contribution in [2.75, 3.05) is 0 Å². The van der Waals surface area contributed by atoms with Crippen LogP contribution in [0.2, 0.25) is 5.02 Å². The van der Waals surface area contributed by atoms with Crippen LogP contribution < -0.4 is 4.74 Å². The highest BCUT2D eigenvalue weighted by molar-refractivity contribution is 6.30. The molecule has 0 spiro atoms. The first-order valence-electron chi connectivity index (χ1n) is 7.13. The lowest BCUT2D eigenvalue weighted by Crippen LogP contribution is -2.06. The van der Waals surface area contributed by atoms with E-state index in [1.54, 1.807) is 18.2 Å². The standard InChI is InChI=1S/C16H16ClN3O/c17-13-6-5-12(10-18)16(9-13)21-11-14-7-8-20(19-14)15-3-1-2-4-15/h5-9,15H,1-4,11H2. The van der Waals surface area contributed by atoms with Gasteiger partial charge in [-0.3, -0.25) is 4.68 Å². The number of aromatic nitrogens is 2. The van der Waals surface area contributed by atoms with Gasteiger partial charge in [0.05, 0.1) is 17.3 Å². The Kier molecular flexibility index (Phi) is 4.12. The Balaban J connectivity index is 1.68. The van der Waals surface area contributed by atoms with E-state index >= 15 is 0 Å². The van der Waals surface area contributed by atoms with Gasteiger partial charge in [0.2, 0.25) is 0 Å². The van der Waals surface area contributed by atoms with Crippen molar-refractivity contribution in [1.29, 1.82) is 5.26 Å². The Bertz CT molecular complexity index is 668. The van der Waals surface area contributed by atoms with Crippen LogP contribution in [0.1, 0.15) is 43.0 Å². The van der Waals surface area contributed by atoms with Crippen molar-refractivity contribution in [3.05, 3.63) is 46.7 Å². The maximum absolute atomic E-state index is 9.06. The number of nitrogens with zero attached hydrogens (tertiary/aromatic N) is 3. The minimum Gasteiger partial charge on any atom is -0.486 e. The average Bonchev–Trinajstić information content (AvgIpc) is 3.16. The van der Waals surface area contributed by atoms with Crippen LogP contribution in [0.25, 0.3) is 0 Å². The average molecular weight is 302 g/mol. The Hall–Kier alpha value is -1.99. The summed E-state index contributed by atoms with van der Waals surface area (Å²) in [6.45, 7) is 0.342. The SMILES string of the molecule is N#Cc1ccc(Cl)cc1OCc1ccn(C2CCCC2)n1. The molecule has 3 rings (SSSR count). The van der Waals surface area contributed by atoms with E-state index < -0.39 is 0 Å². The summed E-state index contributed by atoms with van der Waals surface area (Å²) in [6, 6.07) is 9.60. The summed E-state index contributed by atoms with van der Waals surface area (Å²) in [5.74, 6) is 0.500. The van der Waals surface area contributed by atoms with E-state index in [0.717, 1.165) is 5.69 Å². The highest BCUT2D eigenvalue weighted by atomic mass is 35.5. The van der Waals surface area contributed by atoms with Crippen molar-refractivity contribution in [3.8, 4) is 11.8 Å². The van der Waals surface area contributed by atoms with Crippen molar-refractivity contribution in [3.63, 3.8) is 0 Å².